The molecule has 19 heavy (non-hydrogen) atoms. The minimum absolute atomic E-state index is 0.0921. The van der Waals surface area contributed by atoms with Crippen LogP contribution in [-0.4, -0.2) is 12.2 Å². The number of hydrogen-bond donors (Lipinski definition) is 1. The zero-order valence-electron chi connectivity index (χ0n) is 10.7. The third kappa shape index (κ3) is 2.74. The average molecular weight is 264 g/mol. The van der Waals surface area contributed by atoms with E-state index < -0.39 is 17.7 Å². The molecule has 0 bridgehead atoms. The summed E-state index contributed by atoms with van der Waals surface area (Å²) < 4.78 is 32.0. The first-order valence-electron chi connectivity index (χ1n) is 5.80. The Bertz CT molecular complexity index is 597. The van der Waals surface area contributed by atoms with Gasteiger partial charge in [0, 0.05) is 11.6 Å². The number of rotatable bonds is 3. The molecule has 0 saturated carbocycles. The van der Waals surface area contributed by atoms with Crippen LogP contribution in [0, 0.1) is 18.6 Å². The highest BCUT2D eigenvalue weighted by molar-refractivity contribution is 5.38. The molecule has 0 aliphatic heterocycles. The summed E-state index contributed by atoms with van der Waals surface area (Å²) >= 11 is 0. The molecule has 2 nitrogen and oxygen atoms in total. The standard InChI is InChI=1S/C15H14F2O2/c1-9-3-4-10(16)7-13(9)15(18)12-6-5-11(19-2)8-14(12)17/h3-8,15,18H,1-2H3. The average Bonchev–Trinajstić information content (AvgIpc) is 2.40. The molecule has 0 radical (unpaired) electrons. The van der Waals surface area contributed by atoms with Gasteiger partial charge in [-0.2, -0.15) is 0 Å². The highest BCUT2D eigenvalue weighted by Crippen LogP contribution is 2.29. The first kappa shape index (κ1) is 13.5. The zero-order chi connectivity index (χ0) is 14.0. The van der Waals surface area contributed by atoms with Crippen LogP contribution in [0.3, 0.4) is 0 Å². The molecule has 2 rings (SSSR count). The molecule has 0 aliphatic rings. The van der Waals surface area contributed by atoms with E-state index in [1.807, 2.05) is 0 Å². The van der Waals surface area contributed by atoms with Gasteiger partial charge in [-0.15, -0.1) is 0 Å². The summed E-state index contributed by atoms with van der Waals surface area (Å²) in [6.07, 6.45) is -1.21. The van der Waals surface area contributed by atoms with Crippen LogP contribution in [0.25, 0.3) is 0 Å². The molecule has 0 aliphatic carbocycles. The SMILES string of the molecule is COc1ccc(C(O)c2cc(F)ccc2C)c(F)c1. The summed E-state index contributed by atoms with van der Waals surface area (Å²) in [5.41, 5.74) is 1.14. The van der Waals surface area contributed by atoms with Gasteiger partial charge in [-0.3, -0.25) is 0 Å². The predicted octanol–water partition coefficient (Wildman–Crippen LogP) is 3.36. The van der Waals surface area contributed by atoms with E-state index in [0.29, 0.717) is 16.9 Å². The maximum atomic E-state index is 13.9. The molecule has 1 N–H and O–H groups in total. The molecular weight excluding hydrogens is 250 g/mol. The lowest BCUT2D eigenvalue weighted by Crippen LogP contribution is -2.05. The number of aliphatic hydroxyl groups excluding tert-OH is 1. The number of hydrogen-bond acceptors (Lipinski definition) is 2. The monoisotopic (exact) mass is 264 g/mol. The Kier molecular flexibility index (Phi) is 3.81. The van der Waals surface area contributed by atoms with Crippen molar-refractivity contribution in [1.29, 1.82) is 0 Å². The van der Waals surface area contributed by atoms with Gasteiger partial charge >= 0.3 is 0 Å². The van der Waals surface area contributed by atoms with Gasteiger partial charge in [0.25, 0.3) is 0 Å². The second kappa shape index (κ2) is 5.36. The molecular formula is C15H14F2O2. The Labute approximate surface area is 110 Å². The van der Waals surface area contributed by atoms with Crippen LogP contribution in [0.2, 0.25) is 0 Å². The largest absolute Gasteiger partial charge is 0.497 e. The third-order valence-electron chi connectivity index (χ3n) is 3.04. The van der Waals surface area contributed by atoms with Gasteiger partial charge in [0.1, 0.15) is 23.5 Å². The van der Waals surface area contributed by atoms with Crippen molar-refractivity contribution in [3.8, 4) is 5.75 Å². The minimum atomic E-state index is -1.21. The zero-order valence-corrected chi connectivity index (χ0v) is 10.7. The van der Waals surface area contributed by atoms with Crippen LogP contribution >= 0.6 is 0 Å². The van der Waals surface area contributed by atoms with Gasteiger partial charge in [-0.1, -0.05) is 6.07 Å². The molecule has 0 aromatic heterocycles. The smallest absolute Gasteiger partial charge is 0.133 e. The molecule has 1 atom stereocenters. The van der Waals surface area contributed by atoms with Crippen LogP contribution in [-0.2, 0) is 0 Å². The number of ether oxygens (including phenoxy) is 1. The van der Waals surface area contributed by atoms with Crippen LogP contribution in [0.1, 0.15) is 22.8 Å². The van der Waals surface area contributed by atoms with E-state index in [1.165, 1.54) is 31.4 Å². The van der Waals surface area contributed by atoms with Gasteiger partial charge in [-0.05, 0) is 42.3 Å². The van der Waals surface area contributed by atoms with E-state index in [1.54, 1.807) is 19.1 Å². The molecule has 0 heterocycles. The van der Waals surface area contributed by atoms with Crippen molar-refractivity contribution >= 4 is 0 Å². The highest BCUT2D eigenvalue weighted by atomic mass is 19.1. The Morgan fingerprint density at radius 2 is 1.79 bits per heavy atom. The number of benzene rings is 2. The summed E-state index contributed by atoms with van der Waals surface area (Å²) in [6, 6.07) is 8.24. The Hall–Kier alpha value is -1.94. The maximum Gasteiger partial charge on any atom is 0.133 e. The van der Waals surface area contributed by atoms with Crippen molar-refractivity contribution in [1.82, 2.24) is 0 Å². The van der Waals surface area contributed by atoms with Crippen molar-refractivity contribution in [2.24, 2.45) is 0 Å². The molecule has 0 amide bonds. The van der Waals surface area contributed by atoms with E-state index in [9.17, 15) is 13.9 Å². The molecule has 4 heteroatoms. The molecule has 1 unspecified atom stereocenters. The predicted molar refractivity (Wildman–Crippen MR) is 68.2 cm³/mol. The van der Waals surface area contributed by atoms with E-state index >= 15 is 0 Å². The Balaban J connectivity index is 2.43. The molecule has 2 aromatic rings. The lowest BCUT2D eigenvalue weighted by molar-refractivity contribution is 0.213. The number of aliphatic hydroxyl groups is 1. The van der Waals surface area contributed by atoms with Gasteiger partial charge in [0.2, 0.25) is 0 Å². The molecule has 0 saturated heterocycles. The van der Waals surface area contributed by atoms with Crippen molar-refractivity contribution < 1.29 is 18.6 Å². The molecule has 2 aromatic carbocycles. The summed E-state index contributed by atoms with van der Waals surface area (Å²) in [5.74, 6) is -0.687. The normalized spacial score (nSPS) is 12.3. The van der Waals surface area contributed by atoms with Gasteiger partial charge in [0.05, 0.1) is 7.11 Å². The minimum Gasteiger partial charge on any atom is -0.497 e. The van der Waals surface area contributed by atoms with E-state index in [4.69, 9.17) is 4.74 Å². The highest BCUT2D eigenvalue weighted by Gasteiger charge is 2.18. The Morgan fingerprint density at radius 3 is 2.42 bits per heavy atom. The Morgan fingerprint density at radius 1 is 1.05 bits per heavy atom. The number of halogens is 2. The third-order valence-corrected chi connectivity index (χ3v) is 3.04. The fourth-order valence-corrected chi connectivity index (χ4v) is 1.93. The van der Waals surface area contributed by atoms with Crippen molar-refractivity contribution in [2.75, 3.05) is 7.11 Å². The van der Waals surface area contributed by atoms with Gasteiger partial charge in [-0.25, -0.2) is 8.78 Å². The lowest BCUT2D eigenvalue weighted by atomic mass is 9.97. The van der Waals surface area contributed by atoms with E-state index in [-0.39, 0.29) is 5.56 Å². The first-order valence-corrected chi connectivity index (χ1v) is 5.80. The fourth-order valence-electron chi connectivity index (χ4n) is 1.93. The fraction of sp³-hybridized carbons (Fsp3) is 0.200. The van der Waals surface area contributed by atoms with Crippen LogP contribution < -0.4 is 4.74 Å². The maximum absolute atomic E-state index is 13.9. The molecule has 100 valence electrons. The van der Waals surface area contributed by atoms with Crippen LogP contribution in [0.4, 0.5) is 8.78 Å². The summed E-state index contributed by atoms with van der Waals surface area (Å²) in [7, 11) is 1.43. The summed E-state index contributed by atoms with van der Waals surface area (Å²) in [5, 5.41) is 10.2. The van der Waals surface area contributed by atoms with Gasteiger partial charge in [0.15, 0.2) is 0 Å². The second-order valence-corrected chi connectivity index (χ2v) is 4.29. The number of methoxy groups -OCH3 is 1. The number of aryl methyl sites for hydroxylation is 1. The summed E-state index contributed by atoms with van der Waals surface area (Å²) in [6.45, 7) is 1.74. The van der Waals surface area contributed by atoms with E-state index in [0.717, 1.165) is 0 Å². The van der Waals surface area contributed by atoms with Crippen LogP contribution in [0.15, 0.2) is 36.4 Å². The lowest BCUT2D eigenvalue weighted by Gasteiger charge is -2.15. The quantitative estimate of drug-likeness (QED) is 0.921. The second-order valence-electron chi connectivity index (χ2n) is 4.29. The first-order chi connectivity index (χ1) is 9.02. The molecule has 0 spiro atoms. The van der Waals surface area contributed by atoms with Crippen molar-refractivity contribution in [2.45, 2.75) is 13.0 Å². The van der Waals surface area contributed by atoms with Crippen molar-refractivity contribution in [3.05, 3.63) is 64.7 Å². The van der Waals surface area contributed by atoms with E-state index in [2.05, 4.69) is 0 Å². The van der Waals surface area contributed by atoms with Crippen LogP contribution in [0.5, 0.6) is 5.75 Å². The summed E-state index contributed by atoms with van der Waals surface area (Å²) in [4.78, 5) is 0. The van der Waals surface area contributed by atoms with Crippen molar-refractivity contribution in [3.63, 3.8) is 0 Å². The van der Waals surface area contributed by atoms with Gasteiger partial charge < -0.3 is 9.84 Å². The molecule has 0 fully saturated rings. The topological polar surface area (TPSA) is 29.5 Å².